The topological polar surface area (TPSA) is 81.2 Å². The number of thioether (sulfide) groups is 1. The predicted octanol–water partition coefficient (Wildman–Crippen LogP) is 3.20. The quantitative estimate of drug-likeness (QED) is 0.727. The Kier molecular flexibility index (Phi) is 4.19. The molecule has 0 unspecified atom stereocenters. The van der Waals surface area contributed by atoms with Gasteiger partial charge in [-0.25, -0.2) is 4.39 Å². The van der Waals surface area contributed by atoms with Crippen molar-refractivity contribution in [2.45, 2.75) is 5.22 Å². The third-order valence-electron chi connectivity index (χ3n) is 2.57. The normalized spacial score (nSPS) is 10.6. The average Bonchev–Trinajstić information content (AvgIpc) is 3.16. The monoisotopic (exact) mass is 319 g/mol. The molecule has 1 N–H and O–H groups in total. The van der Waals surface area contributed by atoms with Gasteiger partial charge in [0.05, 0.1) is 12.0 Å². The first kappa shape index (κ1) is 14.3. The van der Waals surface area contributed by atoms with E-state index in [4.69, 9.17) is 8.83 Å². The highest BCUT2D eigenvalue weighted by molar-refractivity contribution is 7.99. The fourth-order valence-corrected chi connectivity index (χ4v) is 2.22. The van der Waals surface area contributed by atoms with Crippen molar-refractivity contribution >= 4 is 23.4 Å². The number of benzene rings is 1. The Morgan fingerprint density at radius 2 is 2.18 bits per heavy atom. The largest absolute Gasteiger partial charge is 0.459 e. The van der Waals surface area contributed by atoms with Crippen LogP contribution in [0.5, 0.6) is 0 Å². The molecule has 2 heterocycles. The molecule has 0 saturated heterocycles. The van der Waals surface area contributed by atoms with Gasteiger partial charge in [-0.05, 0) is 30.3 Å². The maximum Gasteiger partial charge on any atom is 0.284 e. The van der Waals surface area contributed by atoms with Gasteiger partial charge in [-0.1, -0.05) is 17.8 Å². The molecule has 0 aliphatic rings. The maximum atomic E-state index is 13.0. The van der Waals surface area contributed by atoms with Crippen LogP contribution >= 0.6 is 11.8 Å². The number of aromatic nitrogens is 2. The molecule has 2 aromatic heterocycles. The van der Waals surface area contributed by atoms with Crippen LogP contribution in [0.4, 0.5) is 10.1 Å². The molecule has 6 nitrogen and oxygen atoms in total. The molecule has 0 saturated carbocycles. The molecule has 0 bridgehead atoms. The summed E-state index contributed by atoms with van der Waals surface area (Å²) in [5.41, 5.74) is 0.396. The Bertz CT molecular complexity index is 773. The summed E-state index contributed by atoms with van der Waals surface area (Å²) in [5, 5.41) is 10.5. The number of carbonyl (C=O) groups excluding carboxylic acids is 1. The van der Waals surface area contributed by atoms with Crippen LogP contribution in [0, 0.1) is 5.82 Å². The molecule has 0 atom stereocenters. The van der Waals surface area contributed by atoms with E-state index >= 15 is 0 Å². The van der Waals surface area contributed by atoms with E-state index in [0.29, 0.717) is 11.4 Å². The number of hydrogen-bond donors (Lipinski definition) is 1. The Balaban J connectivity index is 1.55. The van der Waals surface area contributed by atoms with E-state index in [0.717, 1.165) is 11.8 Å². The zero-order chi connectivity index (χ0) is 15.4. The van der Waals surface area contributed by atoms with Crippen molar-refractivity contribution in [2.24, 2.45) is 0 Å². The fourth-order valence-electron chi connectivity index (χ4n) is 1.66. The van der Waals surface area contributed by atoms with E-state index in [1.165, 1.54) is 24.5 Å². The van der Waals surface area contributed by atoms with E-state index in [2.05, 4.69) is 15.5 Å². The van der Waals surface area contributed by atoms with Gasteiger partial charge < -0.3 is 14.2 Å². The third-order valence-corrected chi connectivity index (χ3v) is 3.39. The van der Waals surface area contributed by atoms with Crippen LogP contribution in [-0.4, -0.2) is 21.9 Å². The van der Waals surface area contributed by atoms with Crippen LogP contribution in [0.2, 0.25) is 0 Å². The molecule has 0 aliphatic carbocycles. The van der Waals surface area contributed by atoms with Crippen LogP contribution in [0.3, 0.4) is 0 Å². The van der Waals surface area contributed by atoms with E-state index in [9.17, 15) is 9.18 Å². The molecule has 112 valence electrons. The molecule has 1 amide bonds. The van der Waals surface area contributed by atoms with Crippen molar-refractivity contribution < 1.29 is 18.0 Å². The average molecular weight is 319 g/mol. The minimum atomic E-state index is -0.412. The van der Waals surface area contributed by atoms with Gasteiger partial charge in [-0.3, -0.25) is 4.79 Å². The van der Waals surface area contributed by atoms with E-state index in [1.54, 1.807) is 18.2 Å². The molecule has 0 spiro atoms. The first-order valence-electron chi connectivity index (χ1n) is 6.26. The standard InChI is InChI=1S/C14H10FN3O3S/c15-9-3-1-4-10(7-9)16-12(19)8-22-14-18-17-13(21-14)11-5-2-6-20-11/h1-7H,8H2,(H,16,19). The van der Waals surface area contributed by atoms with Gasteiger partial charge in [0.1, 0.15) is 5.82 Å². The fraction of sp³-hybridized carbons (Fsp3) is 0.0714. The van der Waals surface area contributed by atoms with Gasteiger partial charge >= 0.3 is 0 Å². The smallest absolute Gasteiger partial charge is 0.284 e. The summed E-state index contributed by atoms with van der Waals surface area (Å²) in [4.78, 5) is 11.8. The summed E-state index contributed by atoms with van der Waals surface area (Å²) >= 11 is 1.08. The van der Waals surface area contributed by atoms with E-state index in [-0.39, 0.29) is 22.8 Å². The summed E-state index contributed by atoms with van der Waals surface area (Å²) in [6.45, 7) is 0. The lowest BCUT2D eigenvalue weighted by Crippen LogP contribution is -2.14. The summed E-state index contributed by atoms with van der Waals surface area (Å²) in [5.74, 6) is 0.0661. The number of halogens is 1. The van der Waals surface area contributed by atoms with Crippen LogP contribution in [0.25, 0.3) is 11.7 Å². The summed E-state index contributed by atoms with van der Waals surface area (Å²) < 4.78 is 23.5. The second-order valence-electron chi connectivity index (χ2n) is 4.20. The Morgan fingerprint density at radius 1 is 1.27 bits per heavy atom. The molecule has 1 aromatic carbocycles. The number of carbonyl (C=O) groups is 1. The number of amides is 1. The van der Waals surface area contributed by atoms with Gasteiger partial charge in [0.15, 0.2) is 5.76 Å². The van der Waals surface area contributed by atoms with E-state index < -0.39 is 5.82 Å². The zero-order valence-electron chi connectivity index (χ0n) is 11.2. The summed E-state index contributed by atoms with van der Waals surface area (Å²) in [6.07, 6.45) is 1.50. The van der Waals surface area contributed by atoms with E-state index in [1.807, 2.05) is 0 Å². The molecular weight excluding hydrogens is 309 g/mol. The highest BCUT2D eigenvalue weighted by atomic mass is 32.2. The first-order valence-corrected chi connectivity index (χ1v) is 7.25. The second-order valence-corrected chi connectivity index (χ2v) is 5.12. The Morgan fingerprint density at radius 3 is 2.95 bits per heavy atom. The van der Waals surface area contributed by atoms with Crippen LogP contribution in [0.15, 0.2) is 56.7 Å². The lowest BCUT2D eigenvalue weighted by atomic mass is 10.3. The molecule has 3 aromatic rings. The number of furan rings is 1. The maximum absolute atomic E-state index is 13.0. The van der Waals surface area contributed by atoms with Crippen molar-refractivity contribution in [3.05, 3.63) is 48.5 Å². The van der Waals surface area contributed by atoms with Crippen LogP contribution < -0.4 is 5.32 Å². The Hall–Kier alpha value is -2.61. The number of anilines is 1. The number of rotatable bonds is 5. The minimum Gasteiger partial charge on any atom is -0.459 e. The second kappa shape index (κ2) is 6.44. The van der Waals surface area contributed by atoms with Gasteiger partial charge in [0.2, 0.25) is 5.91 Å². The molecule has 22 heavy (non-hydrogen) atoms. The van der Waals surface area contributed by atoms with Gasteiger partial charge in [-0.15, -0.1) is 10.2 Å². The molecule has 8 heteroatoms. The van der Waals surface area contributed by atoms with Gasteiger partial charge in [0, 0.05) is 5.69 Å². The lowest BCUT2D eigenvalue weighted by Gasteiger charge is -2.03. The van der Waals surface area contributed by atoms with Gasteiger partial charge in [0.25, 0.3) is 11.1 Å². The number of hydrogen-bond acceptors (Lipinski definition) is 6. The third kappa shape index (κ3) is 3.53. The number of nitrogens with one attached hydrogen (secondary N) is 1. The highest BCUT2D eigenvalue weighted by Gasteiger charge is 2.13. The molecule has 0 fully saturated rings. The molecule has 3 rings (SSSR count). The number of nitrogens with zero attached hydrogens (tertiary/aromatic N) is 2. The van der Waals surface area contributed by atoms with Crippen LogP contribution in [0.1, 0.15) is 0 Å². The molecule has 0 radical (unpaired) electrons. The van der Waals surface area contributed by atoms with Crippen molar-refractivity contribution in [3.63, 3.8) is 0 Å². The van der Waals surface area contributed by atoms with Crippen molar-refractivity contribution in [1.29, 1.82) is 0 Å². The SMILES string of the molecule is O=C(CSc1nnc(-c2ccco2)o1)Nc1cccc(F)c1. The summed E-state index contributed by atoms with van der Waals surface area (Å²) in [6, 6.07) is 9.07. The van der Waals surface area contributed by atoms with Crippen LogP contribution in [-0.2, 0) is 4.79 Å². The van der Waals surface area contributed by atoms with Crippen molar-refractivity contribution in [2.75, 3.05) is 11.1 Å². The zero-order valence-corrected chi connectivity index (χ0v) is 12.0. The summed E-state index contributed by atoms with van der Waals surface area (Å²) in [7, 11) is 0. The van der Waals surface area contributed by atoms with Crippen molar-refractivity contribution in [3.8, 4) is 11.7 Å². The van der Waals surface area contributed by atoms with Crippen molar-refractivity contribution in [1.82, 2.24) is 10.2 Å². The Labute approximate surface area is 128 Å². The molecular formula is C14H10FN3O3S. The molecule has 0 aliphatic heterocycles. The van der Waals surface area contributed by atoms with Gasteiger partial charge in [-0.2, -0.15) is 0 Å². The lowest BCUT2D eigenvalue weighted by molar-refractivity contribution is -0.113. The first-order chi connectivity index (χ1) is 10.7. The minimum absolute atomic E-state index is 0.0658. The predicted molar refractivity (Wildman–Crippen MR) is 77.8 cm³/mol. The highest BCUT2D eigenvalue weighted by Crippen LogP contribution is 2.23.